The lowest BCUT2D eigenvalue weighted by Gasteiger charge is -2.15. The maximum absolute atomic E-state index is 12.2. The summed E-state index contributed by atoms with van der Waals surface area (Å²) in [6.07, 6.45) is 4.37. The van der Waals surface area contributed by atoms with Crippen LogP contribution in [0.1, 0.15) is 34.3 Å². The number of rotatable bonds is 6. The number of carbonyl (C=O) groups is 3. The van der Waals surface area contributed by atoms with Crippen molar-refractivity contribution in [2.24, 2.45) is 0 Å². The highest BCUT2D eigenvalue weighted by atomic mass is 16.5. The van der Waals surface area contributed by atoms with Gasteiger partial charge in [0, 0.05) is 30.3 Å². The van der Waals surface area contributed by atoms with Gasteiger partial charge in [-0.05, 0) is 49.2 Å². The number of Topliss-reactive ketones (excluding diaryl/α,β-unsaturated/α-hetero) is 1. The Labute approximate surface area is 158 Å². The minimum Gasteiger partial charge on any atom is -0.454 e. The number of esters is 1. The number of carbonyl (C=O) groups excluding carboxylic acids is 3. The van der Waals surface area contributed by atoms with Crippen molar-refractivity contribution in [3.63, 3.8) is 0 Å². The van der Waals surface area contributed by atoms with Gasteiger partial charge < -0.3 is 9.64 Å². The molecule has 0 saturated carbocycles. The molecule has 0 spiro atoms. The van der Waals surface area contributed by atoms with Crippen molar-refractivity contribution in [2.45, 2.75) is 19.8 Å². The van der Waals surface area contributed by atoms with Gasteiger partial charge in [0.15, 0.2) is 12.4 Å². The third-order valence-corrected chi connectivity index (χ3v) is 4.41. The van der Waals surface area contributed by atoms with Gasteiger partial charge in [0.1, 0.15) is 0 Å². The van der Waals surface area contributed by atoms with Crippen LogP contribution in [0.2, 0.25) is 0 Å². The van der Waals surface area contributed by atoms with Crippen molar-refractivity contribution in [2.75, 3.05) is 18.1 Å². The van der Waals surface area contributed by atoms with E-state index in [-0.39, 0.29) is 18.3 Å². The summed E-state index contributed by atoms with van der Waals surface area (Å²) in [5, 5.41) is 0. The van der Waals surface area contributed by atoms with Gasteiger partial charge in [0.05, 0.1) is 0 Å². The van der Waals surface area contributed by atoms with E-state index in [2.05, 4.69) is 0 Å². The highest BCUT2D eigenvalue weighted by Crippen LogP contribution is 2.21. The standard InChI is InChI=1S/C22H21NO4/c1-16-4-6-17(7-5-16)8-13-22(26)27-15-20(24)18-9-11-19(12-10-18)23-14-2-3-21(23)25/h4-13H,2-3,14-15H2,1H3/b13-8+. The van der Waals surface area contributed by atoms with Gasteiger partial charge in [0.2, 0.25) is 5.91 Å². The average Bonchev–Trinajstić information content (AvgIpc) is 3.11. The molecule has 1 heterocycles. The topological polar surface area (TPSA) is 63.7 Å². The molecule has 0 aromatic heterocycles. The summed E-state index contributed by atoms with van der Waals surface area (Å²) < 4.78 is 5.01. The third kappa shape index (κ3) is 4.91. The largest absolute Gasteiger partial charge is 0.454 e. The lowest BCUT2D eigenvalue weighted by molar-refractivity contribution is -0.136. The number of ether oxygens (including phenoxy) is 1. The van der Waals surface area contributed by atoms with Crippen LogP contribution < -0.4 is 4.90 Å². The lowest BCUT2D eigenvalue weighted by Crippen LogP contribution is -2.23. The quantitative estimate of drug-likeness (QED) is 0.447. The molecule has 5 heteroatoms. The average molecular weight is 363 g/mol. The first-order valence-electron chi connectivity index (χ1n) is 8.88. The predicted octanol–water partition coefficient (Wildman–Crippen LogP) is 3.56. The van der Waals surface area contributed by atoms with Crippen molar-refractivity contribution in [1.29, 1.82) is 0 Å². The fourth-order valence-electron chi connectivity index (χ4n) is 2.86. The Balaban J connectivity index is 1.52. The second-order valence-corrected chi connectivity index (χ2v) is 6.47. The number of nitrogens with zero attached hydrogens (tertiary/aromatic N) is 1. The molecule has 0 unspecified atom stereocenters. The molecule has 0 radical (unpaired) electrons. The zero-order valence-corrected chi connectivity index (χ0v) is 15.2. The predicted molar refractivity (Wildman–Crippen MR) is 104 cm³/mol. The normalized spacial score (nSPS) is 14.0. The molecule has 27 heavy (non-hydrogen) atoms. The number of benzene rings is 2. The monoisotopic (exact) mass is 363 g/mol. The van der Waals surface area contributed by atoms with Gasteiger partial charge in [-0.15, -0.1) is 0 Å². The van der Waals surface area contributed by atoms with Crippen LogP contribution in [0.5, 0.6) is 0 Å². The zero-order valence-electron chi connectivity index (χ0n) is 15.2. The Morgan fingerprint density at radius 1 is 1.07 bits per heavy atom. The molecule has 1 fully saturated rings. The number of anilines is 1. The maximum Gasteiger partial charge on any atom is 0.331 e. The number of ketones is 1. The van der Waals surface area contributed by atoms with Gasteiger partial charge in [0.25, 0.3) is 0 Å². The van der Waals surface area contributed by atoms with Gasteiger partial charge in [-0.2, -0.15) is 0 Å². The van der Waals surface area contributed by atoms with Crippen molar-refractivity contribution in [1.82, 2.24) is 0 Å². The van der Waals surface area contributed by atoms with Crippen molar-refractivity contribution in [3.05, 3.63) is 71.3 Å². The first kappa shape index (κ1) is 18.6. The molecule has 0 N–H and O–H groups in total. The van der Waals surface area contributed by atoms with Gasteiger partial charge in [-0.1, -0.05) is 29.8 Å². The first-order valence-corrected chi connectivity index (χ1v) is 8.88. The second kappa shape index (κ2) is 8.45. The van der Waals surface area contributed by atoms with Crippen LogP contribution in [0.3, 0.4) is 0 Å². The molecule has 3 rings (SSSR count). The van der Waals surface area contributed by atoms with Crippen LogP contribution in [0, 0.1) is 6.92 Å². The smallest absolute Gasteiger partial charge is 0.331 e. The van der Waals surface area contributed by atoms with E-state index in [9.17, 15) is 14.4 Å². The summed E-state index contributed by atoms with van der Waals surface area (Å²) in [6.45, 7) is 2.37. The first-order chi connectivity index (χ1) is 13.0. The maximum atomic E-state index is 12.2. The van der Waals surface area contributed by atoms with Crippen molar-refractivity contribution >= 4 is 29.4 Å². The van der Waals surface area contributed by atoms with E-state index < -0.39 is 5.97 Å². The van der Waals surface area contributed by atoms with E-state index in [0.29, 0.717) is 18.5 Å². The summed E-state index contributed by atoms with van der Waals surface area (Å²) in [5.41, 5.74) is 3.25. The molecule has 138 valence electrons. The summed E-state index contributed by atoms with van der Waals surface area (Å²) in [6, 6.07) is 14.5. The molecule has 0 atom stereocenters. The zero-order chi connectivity index (χ0) is 19.2. The molecule has 5 nitrogen and oxygen atoms in total. The molecule has 2 aromatic rings. The highest BCUT2D eigenvalue weighted by Gasteiger charge is 2.21. The Morgan fingerprint density at radius 3 is 2.41 bits per heavy atom. The Kier molecular flexibility index (Phi) is 5.81. The Morgan fingerprint density at radius 2 is 1.78 bits per heavy atom. The van der Waals surface area contributed by atoms with E-state index in [1.807, 2.05) is 31.2 Å². The number of hydrogen-bond donors (Lipinski definition) is 0. The molecule has 1 saturated heterocycles. The van der Waals surface area contributed by atoms with Crippen LogP contribution >= 0.6 is 0 Å². The van der Waals surface area contributed by atoms with Crippen LogP contribution in [0.25, 0.3) is 6.08 Å². The van der Waals surface area contributed by atoms with Crippen LogP contribution in [0.15, 0.2) is 54.6 Å². The number of aryl methyl sites for hydroxylation is 1. The van der Waals surface area contributed by atoms with E-state index in [1.165, 1.54) is 6.08 Å². The molecule has 2 aromatic carbocycles. The Bertz CT molecular complexity index is 866. The fourth-order valence-corrected chi connectivity index (χ4v) is 2.86. The molecule has 1 aliphatic heterocycles. The van der Waals surface area contributed by atoms with Crippen molar-refractivity contribution < 1.29 is 19.1 Å². The number of amides is 1. The van der Waals surface area contributed by atoms with Crippen LogP contribution in [-0.2, 0) is 14.3 Å². The molecular formula is C22H21NO4. The molecular weight excluding hydrogens is 342 g/mol. The van der Waals surface area contributed by atoms with Gasteiger partial charge in [-0.25, -0.2) is 4.79 Å². The number of hydrogen-bond acceptors (Lipinski definition) is 4. The fraction of sp³-hybridized carbons (Fsp3) is 0.227. The van der Waals surface area contributed by atoms with Gasteiger partial charge >= 0.3 is 5.97 Å². The van der Waals surface area contributed by atoms with E-state index in [4.69, 9.17) is 4.74 Å². The van der Waals surface area contributed by atoms with E-state index >= 15 is 0 Å². The van der Waals surface area contributed by atoms with Gasteiger partial charge in [-0.3, -0.25) is 9.59 Å². The molecule has 0 bridgehead atoms. The third-order valence-electron chi connectivity index (χ3n) is 4.41. The van der Waals surface area contributed by atoms with E-state index in [0.717, 1.165) is 23.2 Å². The summed E-state index contributed by atoms with van der Waals surface area (Å²) in [4.78, 5) is 37.4. The van der Waals surface area contributed by atoms with Crippen molar-refractivity contribution in [3.8, 4) is 0 Å². The summed E-state index contributed by atoms with van der Waals surface area (Å²) >= 11 is 0. The molecule has 1 amide bonds. The minimum absolute atomic E-state index is 0.100. The second-order valence-electron chi connectivity index (χ2n) is 6.47. The SMILES string of the molecule is Cc1ccc(/C=C/C(=O)OCC(=O)c2ccc(N3CCCC3=O)cc2)cc1. The van der Waals surface area contributed by atoms with Crippen LogP contribution in [0.4, 0.5) is 5.69 Å². The summed E-state index contributed by atoms with van der Waals surface area (Å²) in [5.74, 6) is -0.752. The molecule has 0 aliphatic carbocycles. The summed E-state index contributed by atoms with van der Waals surface area (Å²) in [7, 11) is 0. The lowest BCUT2D eigenvalue weighted by atomic mass is 10.1. The highest BCUT2D eigenvalue weighted by molar-refractivity contribution is 6.00. The van der Waals surface area contributed by atoms with Crippen LogP contribution in [-0.4, -0.2) is 30.8 Å². The van der Waals surface area contributed by atoms with E-state index in [1.54, 1.807) is 35.2 Å². The molecule has 1 aliphatic rings. The minimum atomic E-state index is -0.566. The Hall–Kier alpha value is -3.21.